The van der Waals surface area contributed by atoms with Gasteiger partial charge >= 0.3 is 0 Å². The van der Waals surface area contributed by atoms with Gasteiger partial charge in [0.05, 0.1) is 7.11 Å². The molecule has 1 aliphatic carbocycles. The molecular formula is C31H34N2O5. The van der Waals surface area contributed by atoms with Crippen LogP contribution in [0.25, 0.3) is 0 Å². The van der Waals surface area contributed by atoms with Crippen molar-refractivity contribution < 1.29 is 23.8 Å². The van der Waals surface area contributed by atoms with Gasteiger partial charge in [-0.15, -0.1) is 0 Å². The lowest BCUT2D eigenvalue weighted by Crippen LogP contribution is -2.46. The molecule has 0 saturated heterocycles. The predicted octanol–water partition coefficient (Wildman–Crippen LogP) is 5.53. The Morgan fingerprint density at radius 3 is 2.32 bits per heavy atom. The maximum absolute atomic E-state index is 14.4. The summed E-state index contributed by atoms with van der Waals surface area (Å²) >= 11 is 0. The molecule has 1 unspecified atom stereocenters. The van der Waals surface area contributed by atoms with Crippen molar-refractivity contribution in [2.45, 2.75) is 51.6 Å². The molecule has 38 heavy (non-hydrogen) atoms. The zero-order valence-corrected chi connectivity index (χ0v) is 22.2. The quantitative estimate of drug-likeness (QED) is 0.449. The van der Waals surface area contributed by atoms with Crippen molar-refractivity contribution in [3.8, 4) is 17.2 Å². The van der Waals surface area contributed by atoms with E-state index in [0.29, 0.717) is 47.3 Å². The van der Waals surface area contributed by atoms with Gasteiger partial charge in [0.25, 0.3) is 5.91 Å². The fraction of sp³-hybridized carbons (Fsp3) is 0.355. The van der Waals surface area contributed by atoms with Crippen LogP contribution in [0.5, 0.6) is 17.2 Å². The number of carbonyl (C=O) groups is 2. The molecule has 0 bridgehead atoms. The molecule has 1 heterocycles. The molecular weight excluding hydrogens is 480 g/mol. The second kappa shape index (κ2) is 11.2. The number of fused-ring (bicyclic) bond motifs is 1. The minimum atomic E-state index is -0.886. The van der Waals surface area contributed by atoms with Gasteiger partial charge in [-0.05, 0) is 74.2 Å². The number of ether oxygens (including phenoxy) is 3. The average Bonchev–Trinajstić information content (AvgIpc) is 3.44. The van der Waals surface area contributed by atoms with E-state index in [1.165, 1.54) is 0 Å². The van der Waals surface area contributed by atoms with Crippen molar-refractivity contribution in [3.05, 3.63) is 82.9 Å². The SMILES string of the molecule is COc1ccc(C(C(=O)NC2CCCC2)N(C(=O)c2ccc3c(c2)OCCO3)c2ccc(C)cc2C)cc1. The summed E-state index contributed by atoms with van der Waals surface area (Å²) in [6, 6.07) is 17.7. The monoisotopic (exact) mass is 514 g/mol. The maximum Gasteiger partial charge on any atom is 0.259 e. The molecule has 0 radical (unpaired) electrons. The Bertz CT molecular complexity index is 1310. The second-order valence-electron chi connectivity index (χ2n) is 9.99. The molecule has 198 valence electrons. The predicted molar refractivity (Wildman–Crippen MR) is 146 cm³/mol. The highest BCUT2D eigenvalue weighted by Gasteiger charge is 2.36. The summed E-state index contributed by atoms with van der Waals surface area (Å²) in [7, 11) is 1.60. The summed E-state index contributed by atoms with van der Waals surface area (Å²) in [5, 5.41) is 3.23. The van der Waals surface area contributed by atoms with Gasteiger partial charge < -0.3 is 19.5 Å². The van der Waals surface area contributed by atoms with Gasteiger partial charge in [0.2, 0.25) is 5.91 Å². The molecule has 0 aromatic heterocycles. The molecule has 7 heteroatoms. The van der Waals surface area contributed by atoms with Gasteiger partial charge in [0, 0.05) is 17.3 Å². The number of anilines is 1. The zero-order chi connectivity index (χ0) is 26.6. The molecule has 0 spiro atoms. The molecule has 1 atom stereocenters. The smallest absolute Gasteiger partial charge is 0.259 e. The first-order valence-corrected chi connectivity index (χ1v) is 13.2. The molecule has 1 fully saturated rings. The number of methoxy groups -OCH3 is 1. The highest BCUT2D eigenvalue weighted by molar-refractivity contribution is 6.10. The summed E-state index contributed by atoms with van der Waals surface area (Å²) in [5.74, 6) is 1.32. The van der Waals surface area contributed by atoms with Crippen molar-refractivity contribution in [1.29, 1.82) is 0 Å². The number of hydrogen-bond donors (Lipinski definition) is 1. The van der Waals surface area contributed by atoms with Gasteiger partial charge in [0.15, 0.2) is 11.5 Å². The van der Waals surface area contributed by atoms with Crippen molar-refractivity contribution in [2.24, 2.45) is 0 Å². The van der Waals surface area contributed by atoms with E-state index < -0.39 is 6.04 Å². The molecule has 1 N–H and O–H groups in total. The van der Waals surface area contributed by atoms with E-state index in [4.69, 9.17) is 14.2 Å². The van der Waals surface area contributed by atoms with Crippen LogP contribution in [0.15, 0.2) is 60.7 Å². The summed E-state index contributed by atoms with van der Waals surface area (Å²) < 4.78 is 16.8. The van der Waals surface area contributed by atoms with Crippen LogP contribution in [0.4, 0.5) is 5.69 Å². The summed E-state index contributed by atoms with van der Waals surface area (Å²) in [5.41, 5.74) is 3.78. The fourth-order valence-corrected chi connectivity index (χ4v) is 5.31. The first kappa shape index (κ1) is 25.6. The van der Waals surface area contributed by atoms with Crippen LogP contribution in [-0.4, -0.2) is 38.2 Å². The fourth-order valence-electron chi connectivity index (χ4n) is 5.31. The number of aryl methyl sites for hydroxylation is 2. The van der Waals surface area contributed by atoms with Gasteiger partial charge in [-0.3, -0.25) is 14.5 Å². The van der Waals surface area contributed by atoms with Gasteiger partial charge in [-0.25, -0.2) is 0 Å². The molecule has 1 saturated carbocycles. The van der Waals surface area contributed by atoms with E-state index in [9.17, 15) is 9.59 Å². The van der Waals surface area contributed by atoms with Crippen LogP contribution in [0.1, 0.15) is 58.8 Å². The second-order valence-corrected chi connectivity index (χ2v) is 9.99. The number of nitrogens with zero attached hydrogens (tertiary/aromatic N) is 1. The molecule has 7 nitrogen and oxygen atoms in total. The van der Waals surface area contributed by atoms with E-state index >= 15 is 0 Å². The molecule has 2 amide bonds. The van der Waals surface area contributed by atoms with Crippen molar-refractivity contribution in [3.63, 3.8) is 0 Å². The molecule has 2 aliphatic rings. The number of nitrogens with one attached hydrogen (secondary N) is 1. The Hall–Kier alpha value is -4.00. The number of hydrogen-bond acceptors (Lipinski definition) is 5. The molecule has 3 aromatic rings. The Morgan fingerprint density at radius 1 is 0.921 bits per heavy atom. The van der Waals surface area contributed by atoms with Gasteiger partial charge in [0.1, 0.15) is 25.0 Å². The molecule has 3 aromatic carbocycles. The van der Waals surface area contributed by atoms with Crippen LogP contribution in [0, 0.1) is 13.8 Å². The number of amides is 2. The van der Waals surface area contributed by atoms with Crippen LogP contribution in [0.2, 0.25) is 0 Å². The zero-order valence-electron chi connectivity index (χ0n) is 22.2. The van der Waals surface area contributed by atoms with E-state index in [-0.39, 0.29) is 17.9 Å². The molecule has 1 aliphatic heterocycles. The van der Waals surface area contributed by atoms with Crippen LogP contribution >= 0.6 is 0 Å². The van der Waals surface area contributed by atoms with Crippen LogP contribution in [0.3, 0.4) is 0 Å². The van der Waals surface area contributed by atoms with E-state index in [1.807, 2.05) is 56.3 Å². The third-order valence-corrected chi connectivity index (χ3v) is 7.26. The Labute approximate surface area is 223 Å². The highest BCUT2D eigenvalue weighted by atomic mass is 16.6. The first-order chi connectivity index (χ1) is 18.4. The van der Waals surface area contributed by atoms with Crippen molar-refractivity contribution in [1.82, 2.24) is 5.32 Å². The number of rotatable bonds is 7. The lowest BCUT2D eigenvalue weighted by Gasteiger charge is -2.34. The minimum Gasteiger partial charge on any atom is -0.497 e. The van der Waals surface area contributed by atoms with Gasteiger partial charge in [-0.2, -0.15) is 0 Å². The van der Waals surface area contributed by atoms with Gasteiger partial charge in [-0.1, -0.05) is 42.7 Å². The van der Waals surface area contributed by atoms with Crippen molar-refractivity contribution in [2.75, 3.05) is 25.2 Å². The Morgan fingerprint density at radius 2 is 1.63 bits per heavy atom. The third-order valence-electron chi connectivity index (χ3n) is 7.26. The largest absolute Gasteiger partial charge is 0.497 e. The lowest BCUT2D eigenvalue weighted by atomic mass is 9.99. The topological polar surface area (TPSA) is 77.1 Å². The standard InChI is InChI=1S/C31H34N2O5/c1-20-8-14-26(21(2)18-20)33(31(35)23-11-15-27-28(19-23)38-17-16-37-27)29(22-9-12-25(36-3)13-10-22)30(34)32-24-6-4-5-7-24/h8-15,18-19,24,29H,4-7,16-17H2,1-3H3,(H,32,34). The van der Waals surface area contributed by atoms with Crippen molar-refractivity contribution >= 4 is 17.5 Å². The third kappa shape index (κ3) is 5.32. The highest BCUT2D eigenvalue weighted by Crippen LogP contribution is 2.36. The average molecular weight is 515 g/mol. The summed E-state index contributed by atoms with van der Waals surface area (Å²) in [6.45, 7) is 4.86. The van der Waals surface area contributed by atoms with Crippen LogP contribution < -0.4 is 24.4 Å². The minimum absolute atomic E-state index is 0.105. The Kier molecular flexibility index (Phi) is 7.54. The normalized spacial score (nSPS) is 15.6. The molecule has 5 rings (SSSR count). The number of benzene rings is 3. The van der Waals surface area contributed by atoms with E-state index in [2.05, 4.69) is 5.32 Å². The summed E-state index contributed by atoms with van der Waals surface area (Å²) in [6.07, 6.45) is 4.08. The Balaban J connectivity index is 1.62. The lowest BCUT2D eigenvalue weighted by molar-refractivity contribution is -0.123. The van der Waals surface area contributed by atoms with E-state index in [0.717, 1.165) is 36.8 Å². The van der Waals surface area contributed by atoms with E-state index in [1.54, 1.807) is 30.2 Å². The summed E-state index contributed by atoms with van der Waals surface area (Å²) in [4.78, 5) is 30.0. The van der Waals surface area contributed by atoms with Crippen LogP contribution in [-0.2, 0) is 4.79 Å². The number of carbonyl (C=O) groups excluding carboxylic acids is 2. The first-order valence-electron chi connectivity index (χ1n) is 13.2. The maximum atomic E-state index is 14.4.